The van der Waals surface area contributed by atoms with Crippen LogP contribution in [-0.2, 0) is 0 Å². The molecule has 2 heterocycles. The summed E-state index contributed by atoms with van der Waals surface area (Å²) in [5.74, 6) is 0. The third-order valence-corrected chi connectivity index (χ3v) is 2.62. The normalized spacial score (nSPS) is 13.4. The van der Waals surface area contributed by atoms with Crippen LogP contribution in [0.3, 0.4) is 0 Å². The first-order valence-electron chi connectivity index (χ1n) is 4.50. The SMILES string of the molecule is Cc1cccn2c(Cl)c(C(C)N)nc12. The molecule has 0 fully saturated rings. The summed E-state index contributed by atoms with van der Waals surface area (Å²) in [7, 11) is 0. The minimum absolute atomic E-state index is 0.137. The smallest absolute Gasteiger partial charge is 0.141 e. The van der Waals surface area contributed by atoms with Crippen LogP contribution in [0.25, 0.3) is 5.65 Å². The van der Waals surface area contributed by atoms with Crippen LogP contribution >= 0.6 is 11.6 Å². The van der Waals surface area contributed by atoms with Gasteiger partial charge in [-0.3, -0.25) is 4.40 Å². The van der Waals surface area contributed by atoms with Gasteiger partial charge >= 0.3 is 0 Å². The molecule has 0 bridgehead atoms. The molecule has 0 aliphatic heterocycles. The van der Waals surface area contributed by atoms with Crippen molar-refractivity contribution in [2.45, 2.75) is 19.9 Å². The maximum absolute atomic E-state index is 6.14. The molecule has 2 aromatic rings. The number of fused-ring (bicyclic) bond motifs is 1. The van der Waals surface area contributed by atoms with Gasteiger partial charge in [0.25, 0.3) is 0 Å². The average Bonchev–Trinajstić information content (AvgIpc) is 2.46. The summed E-state index contributed by atoms with van der Waals surface area (Å²) < 4.78 is 1.86. The van der Waals surface area contributed by atoms with E-state index >= 15 is 0 Å². The molecule has 0 radical (unpaired) electrons. The lowest BCUT2D eigenvalue weighted by Gasteiger charge is -1.99. The van der Waals surface area contributed by atoms with Crippen LogP contribution in [0, 0.1) is 6.92 Å². The average molecular weight is 210 g/mol. The Hall–Kier alpha value is -1.06. The highest BCUT2D eigenvalue weighted by atomic mass is 35.5. The maximum Gasteiger partial charge on any atom is 0.141 e. The van der Waals surface area contributed by atoms with Gasteiger partial charge in [-0.25, -0.2) is 4.98 Å². The lowest BCUT2D eigenvalue weighted by atomic mass is 10.3. The van der Waals surface area contributed by atoms with Crippen LogP contribution in [-0.4, -0.2) is 9.38 Å². The summed E-state index contributed by atoms with van der Waals surface area (Å²) in [6, 6.07) is 3.81. The molecule has 0 saturated heterocycles. The van der Waals surface area contributed by atoms with Gasteiger partial charge in [0.15, 0.2) is 0 Å². The molecule has 74 valence electrons. The summed E-state index contributed by atoms with van der Waals surface area (Å²) in [5.41, 5.74) is 8.50. The molecular weight excluding hydrogens is 198 g/mol. The van der Waals surface area contributed by atoms with Crippen molar-refractivity contribution in [3.8, 4) is 0 Å². The fourth-order valence-corrected chi connectivity index (χ4v) is 1.83. The van der Waals surface area contributed by atoms with E-state index in [1.54, 1.807) is 0 Å². The summed E-state index contributed by atoms with van der Waals surface area (Å²) in [6.45, 7) is 3.88. The molecule has 2 N–H and O–H groups in total. The molecule has 0 aliphatic rings. The number of hydrogen-bond acceptors (Lipinski definition) is 2. The van der Waals surface area contributed by atoms with Crippen LogP contribution < -0.4 is 5.73 Å². The number of halogens is 1. The predicted molar refractivity (Wildman–Crippen MR) is 57.5 cm³/mol. The van der Waals surface area contributed by atoms with E-state index in [0.717, 1.165) is 16.9 Å². The molecule has 0 aliphatic carbocycles. The molecule has 2 rings (SSSR count). The topological polar surface area (TPSA) is 43.3 Å². The molecule has 0 saturated carbocycles. The van der Waals surface area contributed by atoms with Crippen molar-refractivity contribution in [3.05, 3.63) is 34.7 Å². The number of imidazole rings is 1. The van der Waals surface area contributed by atoms with Crippen molar-refractivity contribution < 1.29 is 0 Å². The van der Waals surface area contributed by atoms with Crippen LogP contribution in [0.4, 0.5) is 0 Å². The van der Waals surface area contributed by atoms with Gasteiger partial charge in [-0.05, 0) is 25.5 Å². The molecule has 1 unspecified atom stereocenters. The van der Waals surface area contributed by atoms with Crippen LogP contribution in [0.15, 0.2) is 18.3 Å². The summed E-state index contributed by atoms with van der Waals surface area (Å²) in [6.07, 6.45) is 1.89. The van der Waals surface area contributed by atoms with E-state index in [9.17, 15) is 0 Å². The molecule has 0 spiro atoms. The standard InChI is InChI=1S/C10H12ClN3/c1-6-4-3-5-14-9(11)8(7(2)12)13-10(6)14/h3-5,7H,12H2,1-2H3. The Bertz CT molecular complexity index is 473. The van der Waals surface area contributed by atoms with Gasteiger partial charge in [0.05, 0.1) is 5.69 Å². The first-order valence-corrected chi connectivity index (χ1v) is 4.87. The van der Waals surface area contributed by atoms with Crippen LogP contribution in [0.5, 0.6) is 0 Å². The number of nitrogens with two attached hydrogens (primary N) is 1. The van der Waals surface area contributed by atoms with Crippen molar-refractivity contribution in [2.24, 2.45) is 5.73 Å². The first kappa shape index (κ1) is 9.49. The fourth-order valence-electron chi connectivity index (χ4n) is 1.48. The minimum Gasteiger partial charge on any atom is -0.323 e. The Morgan fingerprint density at radius 3 is 2.86 bits per heavy atom. The minimum atomic E-state index is -0.137. The zero-order valence-electron chi connectivity index (χ0n) is 8.16. The summed E-state index contributed by atoms with van der Waals surface area (Å²) in [5, 5.41) is 0.610. The Labute approximate surface area is 87.5 Å². The van der Waals surface area contributed by atoms with Gasteiger partial charge in [-0.1, -0.05) is 17.7 Å². The lowest BCUT2D eigenvalue weighted by molar-refractivity contribution is 0.790. The van der Waals surface area contributed by atoms with Gasteiger partial charge in [0, 0.05) is 12.2 Å². The highest BCUT2D eigenvalue weighted by molar-refractivity contribution is 6.30. The van der Waals surface area contributed by atoms with E-state index in [2.05, 4.69) is 4.98 Å². The third-order valence-electron chi connectivity index (χ3n) is 2.24. The van der Waals surface area contributed by atoms with E-state index in [4.69, 9.17) is 17.3 Å². The number of nitrogens with zero attached hydrogens (tertiary/aromatic N) is 2. The summed E-state index contributed by atoms with van der Waals surface area (Å²) >= 11 is 6.14. The molecule has 3 nitrogen and oxygen atoms in total. The molecule has 0 aromatic carbocycles. The van der Waals surface area contributed by atoms with Crippen molar-refractivity contribution in [1.29, 1.82) is 0 Å². The predicted octanol–water partition coefficient (Wildman–Crippen LogP) is 2.32. The van der Waals surface area contributed by atoms with E-state index < -0.39 is 0 Å². The van der Waals surface area contributed by atoms with Gasteiger partial charge < -0.3 is 5.73 Å². The number of aromatic nitrogens is 2. The van der Waals surface area contributed by atoms with E-state index in [1.165, 1.54) is 0 Å². The molecule has 14 heavy (non-hydrogen) atoms. The summed E-state index contributed by atoms with van der Waals surface area (Å²) in [4.78, 5) is 4.42. The second-order valence-corrected chi connectivity index (χ2v) is 3.82. The second-order valence-electron chi connectivity index (χ2n) is 3.46. The van der Waals surface area contributed by atoms with Gasteiger partial charge in [0.1, 0.15) is 10.8 Å². The monoisotopic (exact) mass is 209 g/mol. The van der Waals surface area contributed by atoms with Crippen LogP contribution in [0.2, 0.25) is 5.15 Å². The zero-order chi connectivity index (χ0) is 10.3. The highest BCUT2D eigenvalue weighted by Gasteiger charge is 2.13. The molecule has 2 aromatic heterocycles. The van der Waals surface area contributed by atoms with Crippen molar-refractivity contribution >= 4 is 17.2 Å². The molecular formula is C10H12ClN3. The fraction of sp³-hybridized carbons (Fsp3) is 0.300. The van der Waals surface area contributed by atoms with E-state index in [-0.39, 0.29) is 6.04 Å². The maximum atomic E-state index is 6.14. The number of hydrogen-bond donors (Lipinski definition) is 1. The number of pyridine rings is 1. The van der Waals surface area contributed by atoms with E-state index in [0.29, 0.717) is 5.15 Å². The molecule has 1 atom stereocenters. The largest absolute Gasteiger partial charge is 0.323 e. The van der Waals surface area contributed by atoms with Crippen molar-refractivity contribution in [2.75, 3.05) is 0 Å². The number of rotatable bonds is 1. The highest BCUT2D eigenvalue weighted by Crippen LogP contribution is 2.23. The second kappa shape index (κ2) is 3.26. The number of aryl methyl sites for hydroxylation is 1. The first-order chi connectivity index (χ1) is 6.61. The van der Waals surface area contributed by atoms with Crippen molar-refractivity contribution in [3.63, 3.8) is 0 Å². The zero-order valence-corrected chi connectivity index (χ0v) is 8.92. The quantitative estimate of drug-likeness (QED) is 0.784. The van der Waals surface area contributed by atoms with Gasteiger partial charge in [-0.2, -0.15) is 0 Å². The lowest BCUT2D eigenvalue weighted by Crippen LogP contribution is -2.05. The van der Waals surface area contributed by atoms with Crippen molar-refractivity contribution in [1.82, 2.24) is 9.38 Å². The Morgan fingerprint density at radius 2 is 2.29 bits per heavy atom. The Morgan fingerprint density at radius 1 is 1.57 bits per heavy atom. The Balaban J connectivity index is 2.80. The van der Waals surface area contributed by atoms with E-state index in [1.807, 2.05) is 36.6 Å². The van der Waals surface area contributed by atoms with Crippen LogP contribution in [0.1, 0.15) is 24.2 Å². The Kier molecular flexibility index (Phi) is 2.21. The van der Waals surface area contributed by atoms with Gasteiger partial charge in [-0.15, -0.1) is 0 Å². The molecule has 4 heteroatoms. The van der Waals surface area contributed by atoms with Gasteiger partial charge in [0.2, 0.25) is 0 Å². The third kappa shape index (κ3) is 1.29. The molecule has 0 amide bonds.